The molecule has 0 aromatic heterocycles. The molecule has 0 heterocycles. The molecule has 0 bridgehead atoms. The average Bonchev–Trinajstić information content (AvgIpc) is 3.03. The maximum Gasteiger partial charge on any atom is 0.0361 e. The average molecular weight is 638 g/mol. The lowest BCUT2D eigenvalue weighted by molar-refractivity contribution is 0.351. The van der Waals surface area contributed by atoms with E-state index in [-0.39, 0.29) is 7.43 Å². The Kier molecular flexibility index (Phi) is 19.2. The molecule has 0 saturated carbocycles. The number of allylic oxidation sites excluding steroid dienone is 6. The van der Waals surface area contributed by atoms with Crippen LogP contribution in [-0.4, -0.2) is 5.71 Å². The summed E-state index contributed by atoms with van der Waals surface area (Å²) in [6.07, 6.45) is 8.41. The van der Waals surface area contributed by atoms with Gasteiger partial charge in [-0.3, -0.25) is 0 Å². The van der Waals surface area contributed by atoms with E-state index in [1.54, 1.807) is 12.5 Å². The fourth-order valence-corrected chi connectivity index (χ4v) is 5.81. The Morgan fingerprint density at radius 1 is 0.891 bits per heavy atom. The Labute approximate surface area is 289 Å². The van der Waals surface area contributed by atoms with Gasteiger partial charge in [0, 0.05) is 22.1 Å². The molecular formula is C44H63NS. The van der Waals surface area contributed by atoms with Crippen molar-refractivity contribution in [3.05, 3.63) is 131 Å². The molecule has 46 heavy (non-hydrogen) atoms. The monoisotopic (exact) mass is 637 g/mol. The van der Waals surface area contributed by atoms with Crippen LogP contribution in [0.1, 0.15) is 122 Å². The van der Waals surface area contributed by atoms with Crippen LogP contribution >= 0.6 is 12.6 Å². The number of hydrogen-bond acceptors (Lipinski definition) is 2. The molecule has 0 fully saturated rings. The van der Waals surface area contributed by atoms with Crippen molar-refractivity contribution in [2.75, 3.05) is 0 Å². The van der Waals surface area contributed by atoms with Crippen LogP contribution in [-0.2, 0) is 0 Å². The second-order valence-electron chi connectivity index (χ2n) is 12.1. The smallest absolute Gasteiger partial charge is 0.0361 e. The Bertz CT molecular complexity index is 1430. The first-order valence-corrected chi connectivity index (χ1v) is 16.9. The Morgan fingerprint density at radius 3 is 1.87 bits per heavy atom. The van der Waals surface area contributed by atoms with Gasteiger partial charge in [0.2, 0.25) is 0 Å². The van der Waals surface area contributed by atoms with Gasteiger partial charge in [0.1, 0.15) is 0 Å². The lowest BCUT2D eigenvalue weighted by Gasteiger charge is -2.40. The molecule has 1 nitrogen and oxygen atoms in total. The molecule has 0 radical (unpaired) electrons. The Hall–Kier alpha value is -3.36. The summed E-state index contributed by atoms with van der Waals surface area (Å²) in [5.41, 5.74) is 13.4. The highest BCUT2D eigenvalue weighted by atomic mass is 32.1. The van der Waals surface area contributed by atoms with Gasteiger partial charge >= 0.3 is 0 Å². The summed E-state index contributed by atoms with van der Waals surface area (Å²) in [7, 11) is 0. The van der Waals surface area contributed by atoms with Crippen molar-refractivity contribution < 1.29 is 0 Å². The van der Waals surface area contributed by atoms with Crippen molar-refractivity contribution in [2.24, 2.45) is 11.3 Å². The number of rotatable bonds is 6. The molecule has 3 aromatic carbocycles. The summed E-state index contributed by atoms with van der Waals surface area (Å²) >= 11 is 4.27. The molecule has 2 atom stereocenters. The van der Waals surface area contributed by atoms with E-state index < -0.39 is 0 Å². The van der Waals surface area contributed by atoms with Gasteiger partial charge in [-0.2, -0.15) is 0 Å². The largest absolute Gasteiger partial charge is 0.305 e. The second kappa shape index (κ2) is 20.7. The van der Waals surface area contributed by atoms with E-state index >= 15 is 0 Å². The topological polar surface area (TPSA) is 23.9 Å². The zero-order valence-corrected chi connectivity index (χ0v) is 31.0. The molecule has 3 aromatic rings. The van der Waals surface area contributed by atoms with Gasteiger partial charge < -0.3 is 5.41 Å². The number of nitrogens with one attached hydrogen (secondary N) is 1. The predicted octanol–water partition coefficient (Wildman–Crippen LogP) is 14.3. The lowest BCUT2D eigenvalue weighted by atomic mass is 9.65. The zero-order valence-electron chi connectivity index (χ0n) is 30.1. The summed E-state index contributed by atoms with van der Waals surface area (Å²) in [5, 5.41) is 7.53. The Balaban J connectivity index is 0.000000710. The first-order chi connectivity index (χ1) is 21.3. The first-order valence-electron chi connectivity index (χ1n) is 16.5. The fraction of sp³-hybridized carbons (Fsp3) is 0.386. The number of aryl methyl sites for hydroxylation is 1. The molecule has 0 amide bonds. The van der Waals surface area contributed by atoms with E-state index in [2.05, 4.69) is 117 Å². The van der Waals surface area contributed by atoms with Crippen LogP contribution < -0.4 is 0 Å². The fourth-order valence-electron chi connectivity index (χ4n) is 5.54. The lowest BCUT2D eigenvalue weighted by Crippen LogP contribution is -2.26. The summed E-state index contributed by atoms with van der Waals surface area (Å²) in [6.45, 7) is 31.2. The van der Waals surface area contributed by atoms with E-state index in [9.17, 15) is 0 Å². The van der Waals surface area contributed by atoms with E-state index in [0.717, 1.165) is 40.0 Å². The first kappa shape index (κ1) is 42.6. The van der Waals surface area contributed by atoms with Crippen LogP contribution in [0, 0.1) is 30.6 Å². The highest BCUT2D eigenvalue weighted by Gasteiger charge is 2.34. The number of thiol groups is 1. The highest BCUT2D eigenvalue weighted by Crippen LogP contribution is 2.48. The molecule has 2 unspecified atom stereocenters. The standard InChI is InChI=1S/C22H30.C11H13N.C8H10S.C2H6.CH4/c1-7-9-21-17(5)20(14-15-22(21,6)8-2)19-12-10-18(11-13-19)16(3)4;1-8(2)10-6-4-5-7-11(10)9(3)12;1-6-4-3-5-8(9)7(6)2;1-2;/h9-14,17H,3,7-8,15H2,1-2,4-6H3;4-7,12H,1H2,2-3H3;3-5,9H,1-2H3;1-2H3;1H4/b21-9-;;;;. The third-order valence-electron chi connectivity index (χ3n) is 8.68. The maximum absolute atomic E-state index is 7.53. The van der Waals surface area contributed by atoms with Crippen molar-refractivity contribution >= 4 is 35.1 Å². The van der Waals surface area contributed by atoms with Crippen LogP contribution in [0.4, 0.5) is 0 Å². The van der Waals surface area contributed by atoms with Crippen LogP contribution in [0.15, 0.2) is 103 Å². The molecule has 4 rings (SSSR count). The van der Waals surface area contributed by atoms with E-state index in [1.807, 2.05) is 57.2 Å². The van der Waals surface area contributed by atoms with E-state index in [0.29, 0.717) is 17.0 Å². The molecule has 1 aliphatic carbocycles. The van der Waals surface area contributed by atoms with Gasteiger partial charge in [-0.1, -0.05) is 152 Å². The number of benzene rings is 3. The predicted molar refractivity (Wildman–Crippen MR) is 215 cm³/mol. The minimum atomic E-state index is 0. The van der Waals surface area contributed by atoms with Crippen LogP contribution in [0.2, 0.25) is 0 Å². The summed E-state index contributed by atoms with van der Waals surface area (Å²) in [6, 6.07) is 22.9. The van der Waals surface area contributed by atoms with Crippen molar-refractivity contribution in [3.8, 4) is 0 Å². The molecule has 1 N–H and O–H groups in total. The van der Waals surface area contributed by atoms with Crippen molar-refractivity contribution in [3.63, 3.8) is 0 Å². The van der Waals surface area contributed by atoms with Crippen LogP contribution in [0.3, 0.4) is 0 Å². The Morgan fingerprint density at radius 2 is 1.46 bits per heavy atom. The molecule has 1 aliphatic rings. The molecule has 0 saturated heterocycles. The molecule has 2 heteroatoms. The summed E-state index contributed by atoms with van der Waals surface area (Å²) in [4.78, 5) is 1.08. The van der Waals surface area contributed by atoms with Crippen LogP contribution in [0.5, 0.6) is 0 Å². The molecular weight excluding hydrogens is 575 g/mol. The minimum Gasteiger partial charge on any atom is -0.305 e. The quantitative estimate of drug-likeness (QED) is 0.153. The third kappa shape index (κ3) is 11.8. The zero-order chi connectivity index (χ0) is 34.3. The van der Waals surface area contributed by atoms with Gasteiger partial charge in [0.25, 0.3) is 0 Å². The summed E-state index contributed by atoms with van der Waals surface area (Å²) < 4.78 is 0. The normalized spacial score (nSPS) is 17.3. The SMILES string of the molecule is C.C=C(C)c1ccc(C2=CCC(C)(CC)/C(=C\CC)C2C)cc1.C=C(C)c1ccccc1C(C)=N.CC.Cc1cccc(S)c1C. The van der Waals surface area contributed by atoms with E-state index in [4.69, 9.17) is 5.41 Å². The van der Waals surface area contributed by atoms with Gasteiger partial charge in [0.15, 0.2) is 0 Å². The van der Waals surface area contributed by atoms with Gasteiger partial charge in [-0.25, -0.2) is 0 Å². The van der Waals surface area contributed by atoms with Gasteiger partial charge in [-0.05, 0) is 98.8 Å². The van der Waals surface area contributed by atoms with Crippen molar-refractivity contribution in [1.82, 2.24) is 0 Å². The van der Waals surface area contributed by atoms with E-state index in [1.165, 1.54) is 34.2 Å². The summed E-state index contributed by atoms with van der Waals surface area (Å²) in [5.74, 6) is 0.509. The van der Waals surface area contributed by atoms with Crippen molar-refractivity contribution in [1.29, 1.82) is 5.41 Å². The molecule has 250 valence electrons. The maximum atomic E-state index is 7.53. The number of hydrogen-bond donors (Lipinski definition) is 2. The third-order valence-corrected chi connectivity index (χ3v) is 9.17. The molecule has 0 spiro atoms. The van der Waals surface area contributed by atoms with Crippen molar-refractivity contribution in [2.45, 2.75) is 108 Å². The van der Waals surface area contributed by atoms with Gasteiger partial charge in [0.05, 0.1) is 0 Å². The van der Waals surface area contributed by atoms with Gasteiger partial charge in [-0.15, -0.1) is 12.6 Å². The minimum absolute atomic E-state index is 0. The highest BCUT2D eigenvalue weighted by molar-refractivity contribution is 7.80. The molecule has 0 aliphatic heterocycles. The second-order valence-corrected chi connectivity index (χ2v) is 12.6. The van der Waals surface area contributed by atoms with Crippen LogP contribution in [0.25, 0.3) is 16.7 Å².